The van der Waals surface area contributed by atoms with Crippen LogP contribution in [0.15, 0.2) is 53.7 Å². The summed E-state index contributed by atoms with van der Waals surface area (Å²) in [5.74, 6) is 1.32. The summed E-state index contributed by atoms with van der Waals surface area (Å²) < 4.78 is 12.3. The summed E-state index contributed by atoms with van der Waals surface area (Å²) in [4.78, 5) is 11.9. The number of esters is 1. The molecule has 1 unspecified atom stereocenters. The van der Waals surface area contributed by atoms with Crippen LogP contribution in [0.2, 0.25) is 0 Å². The smallest absolute Gasteiger partial charge is 0.319 e. The first-order valence-electron chi connectivity index (χ1n) is 8.66. The van der Waals surface area contributed by atoms with Crippen molar-refractivity contribution in [2.24, 2.45) is 0 Å². The molecule has 6 nitrogen and oxygen atoms in total. The minimum absolute atomic E-state index is 0.193. The molecule has 7 heteroatoms. The van der Waals surface area contributed by atoms with Gasteiger partial charge < -0.3 is 9.47 Å². The monoisotopic (exact) mass is 381 g/mol. The minimum atomic E-state index is -0.253. The summed E-state index contributed by atoms with van der Waals surface area (Å²) in [6.45, 7) is 2.50. The number of carbonyl (C=O) groups excluding carboxylic acids is 1. The fourth-order valence-electron chi connectivity index (χ4n) is 2.99. The van der Waals surface area contributed by atoms with E-state index in [0.29, 0.717) is 18.2 Å². The fraction of sp³-hybridized carbons (Fsp3) is 0.250. The van der Waals surface area contributed by atoms with Crippen molar-refractivity contribution < 1.29 is 14.3 Å². The summed E-state index contributed by atoms with van der Waals surface area (Å²) in [6.07, 6.45) is 0.679. The van der Waals surface area contributed by atoms with Crippen LogP contribution in [0, 0.1) is 6.92 Å². The Labute approximate surface area is 161 Å². The highest BCUT2D eigenvalue weighted by Crippen LogP contribution is 2.33. The van der Waals surface area contributed by atoms with Crippen LogP contribution in [0.4, 0.5) is 0 Å². The molecule has 1 aliphatic heterocycles. The van der Waals surface area contributed by atoms with Gasteiger partial charge in [-0.05, 0) is 37.3 Å². The van der Waals surface area contributed by atoms with E-state index in [1.165, 1.54) is 11.8 Å². The Morgan fingerprint density at radius 2 is 2.00 bits per heavy atom. The number of aromatic nitrogens is 3. The van der Waals surface area contributed by atoms with Crippen LogP contribution in [0.5, 0.6) is 5.75 Å². The van der Waals surface area contributed by atoms with Crippen molar-refractivity contribution in [2.75, 3.05) is 13.7 Å². The van der Waals surface area contributed by atoms with Gasteiger partial charge in [0.25, 0.3) is 0 Å². The standard InChI is InChI=1S/C20H19N3O3S/c1-13-4-3-5-14(12-13)18-21-22-20(27-17-10-11-26-19(17)24)23(18)15-6-8-16(25-2)9-7-15/h3-9,12,17H,10-11H2,1-2H3. The number of thioether (sulfide) groups is 1. The molecule has 0 N–H and O–H groups in total. The summed E-state index contributed by atoms with van der Waals surface area (Å²) in [5.41, 5.74) is 3.02. The van der Waals surface area contributed by atoms with Crippen LogP contribution < -0.4 is 4.74 Å². The van der Waals surface area contributed by atoms with Crippen molar-refractivity contribution in [3.8, 4) is 22.8 Å². The van der Waals surface area contributed by atoms with Crippen molar-refractivity contribution >= 4 is 17.7 Å². The van der Waals surface area contributed by atoms with Crippen LogP contribution in [0.25, 0.3) is 17.1 Å². The Hall–Kier alpha value is -2.80. The Morgan fingerprint density at radius 3 is 2.67 bits per heavy atom. The number of hydrogen-bond donors (Lipinski definition) is 0. The van der Waals surface area contributed by atoms with Gasteiger partial charge in [0.15, 0.2) is 11.0 Å². The molecule has 4 rings (SSSR count). The van der Waals surface area contributed by atoms with Crippen molar-refractivity contribution in [1.29, 1.82) is 0 Å². The maximum atomic E-state index is 11.9. The quantitative estimate of drug-likeness (QED) is 0.629. The number of rotatable bonds is 5. The lowest BCUT2D eigenvalue weighted by Crippen LogP contribution is -2.11. The highest BCUT2D eigenvalue weighted by molar-refractivity contribution is 8.00. The Kier molecular flexibility index (Phi) is 4.85. The summed E-state index contributed by atoms with van der Waals surface area (Å²) >= 11 is 1.39. The zero-order chi connectivity index (χ0) is 18.8. The molecule has 0 radical (unpaired) electrons. The largest absolute Gasteiger partial charge is 0.497 e. The number of hydrogen-bond acceptors (Lipinski definition) is 6. The topological polar surface area (TPSA) is 66.2 Å². The fourth-order valence-corrected chi connectivity index (χ4v) is 4.01. The first-order valence-corrected chi connectivity index (χ1v) is 9.54. The first-order chi connectivity index (χ1) is 13.2. The molecule has 1 fully saturated rings. The Morgan fingerprint density at radius 1 is 1.19 bits per heavy atom. The molecule has 2 aromatic carbocycles. The molecule has 1 aromatic heterocycles. The van der Waals surface area contributed by atoms with Crippen LogP contribution in [-0.4, -0.2) is 39.7 Å². The highest BCUT2D eigenvalue weighted by Gasteiger charge is 2.30. The molecule has 0 bridgehead atoms. The van der Waals surface area contributed by atoms with Gasteiger partial charge in [-0.25, -0.2) is 0 Å². The van der Waals surface area contributed by atoms with E-state index in [2.05, 4.69) is 16.3 Å². The summed E-state index contributed by atoms with van der Waals surface area (Å²) in [7, 11) is 1.64. The van der Waals surface area contributed by atoms with Crippen LogP contribution >= 0.6 is 11.8 Å². The number of cyclic esters (lactones) is 1. The summed E-state index contributed by atoms with van der Waals surface area (Å²) in [5, 5.41) is 9.21. The average Bonchev–Trinajstić information content (AvgIpc) is 3.29. The van der Waals surface area contributed by atoms with Gasteiger partial charge in [0.1, 0.15) is 11.0 Å². The van der Waals surface area contributed by atoms with Gasteiger partial charge in [-0.3, -0.25) is 9.36 Å². The molecule has 1 saturated heterocycles. The molecule has 0 aliphatic carbocycles. The Balaban J connectivity index is 1.80. The number of aryl methyl sites for hydroxylation is 1. The van der Waals surface area contributed by atoms with E-state index in [1.54, 1.807) is 7.11 Å². The lowest BCUT2D eigenvalue weighted by atomic mass is 10.1. The molecule has 27 heavy (non-hydrogen) atoms. The first kappa shape index (κ1) is 17.6. The third-order valence-electron chi connectivity index (χ3n) is 4.38. The molecule has 0 saturated carbocycles. The molecule has 1 atom stereocenters. The predicted octanol–water partition coefficient (Wildman–Crippen LogP) is 3.66. The maximum Gasteiger partial charge on any atom is 0.319 e. The number of methoxy groups -OCH3 is 1. The van der Waals surface area contributed by atoms with Gasteiger partial charge in [-0.1, -0.05) is 35.5 Å². The van der Waals surface area contributed by atoms with E-state index in [9.17, 15) is 4.79 Å². The van der Waals surface area contributed by atoms with Gasteiger partial charge in [0.2, 0.25) is 0 Å². The van der Waals surface area contributed by atoms with E-state index in [-0.39, 0.29) is 11.2 Å². The second-order valence-electron chi connectivity index (χ2n) is 6.27. The lowest BCUT2D eigenvalue weighted by Gasteiger charge is -2.12. The second-order valence-corrected chi connectivity index (χ2v) is 7.44. The molecule has 0 spiro atoms. The van der Waals surface area contributed by atoms with E-state index in [4.69, 9.17) is 9.47 Å². The average molecular weight is 381 g/mol. The maximum absolute atomic E-state index is 11.9. The van der Waals surface area contributed by atoms with Crippen LogP contribution in [-0.2, 0) is 9.53 Å². The van der Waals surface area contributed by atoms with Crippen molar-refractivity contribution in [3.63, 3.8) is 0 Å². The number of ether oxygens (including phenoxy) is 2. The molecular formula is C20H19N3O3S. The van der Waals surface area contributed by atoms with Gasteiger partial charge in [-0.2, -0.15) is 0 Å². The molecule has 2 heterocycles. The minimum Gasteiger partial charge on any atom is -0.497 e. The Bertz CT molecular complexity index is 969. The van der Waals surface area contributed by atoms with Crippen LogP contribution in [0.3, 0.4) is 0 Å². The van der Waals surface area contributed by atoms with E-state index in [1.807, 2.05) is 54.0 Å². The number of nitrogens with zero attached hydrogens (tertiary/aromatic N) is 3. The predicted molar refractivity (Wildman–Crippen MR) is 103 cm³/mol. The van der Waals surface area contributed by atoms with E-state index in [0.717, 1.165) is 28.4 Å². The van der Waals surface area contributed by atoms with Gasteiger partial charge in [0, 0.05) is 17.7 Å². The van der Waals surface area contributed by atoms with Crippen molar-refractivity contribution in [3.05, 3.63) is 54.1 Å². The molecule has 3 aromatic rings. The van der Waals surface area contributed by atoms with Gasteiger partial charge in [0.05, 0.1) is 13.7 Å². The second kappa shape index (κ2) is 7.44. The lowest BCUT2D eigenvalue weighted by molar-refractivity contribution is -0.137. The van der Waals surface area contributed by atoms with Crippen LogP contribution in [0.1, 0.15) is 12.0 Å². The normalized spacial score (nSPS) is 16.4. The summed E-state index contributed by atoms with van der Waals surface area (Å²) in [6, 6.07) is 15.8. The zero-order valence-electron chi connectivity index (χ0n) is 15.1. The molecule has 138 valence electrons. The molecule has 1 aliphatic rings. The van der Waals surface area contributed by atoms with Crippen molar-refractivity contribution in [2.45, 2.75) is 23.8 Å². The zero-order valence-corrected chi connectivity index (χ0v) is 15.9. The highest BCUT2D eigenvalue weighted by atomic mass is 32.2. The SMILES string of the molecule is COc1ccc(-n2c(SC3CCOC3=O)nnc2-c2cccc(C)c2)cc1. The number of carbonyl (C=O) groups is 1. The third-order valence-corrected chi connectivity index (χ3v) is 5.56. The van der Waals surface area contributed by atoms with E-state index < -0.39 is 0 Å². The van der Waals surface area contributed by atoms with Crippen molar-refractivity contribution in [1.82, 2.24) is 14.8 Å². The van der Waals surface area contributed by atoms with Gasteiger partial charge in [-0.15, -0.1) is 10.2 Å². The molecule has 0 amide bonds. The van der Waals surface area contributed by atoms with E-state index >= 15 is 0 Å². The van der Waals surface area contributed by atoms with Gasteiger partial charge >= 0.3 is 5.97 Å². The number of benzene rings is 2. The molecular weight excluding hydrogens is 362 g/mol. The third kappa shape index (κ3) is 3.55.